The molecule has 4 nitrogen and oxygen atoms in total. The molecular formula is C14H29N3O. The second-order valence-corrected chi connectivity index (χ2v) is 5.94. The van der Waals surface area contributed by atoms with E-state index in [0.29, 0.717) is 6.04 Å². The summed E-state index contributed by atoms with van der Waals surface area (Å²) in [5.41, 5.74) is 4.89. The van der Waals surface area contributed by atoms with E-state index in [0.717, 1.165) is 18.9 Å². The quantitative estimate of drug-likeness (QED) is 0.722. The molecule has 1 aliphatic rings. The van der Waals surface area contributed by atoms with Crippen LogP contribution in [0.2, 0.25) is 0 Å². The van der Waals surface area contributed by atoms with Crippen molar-refractivity contribution in [1.29, 1.82) is 0 Å². The van der Waals surface area contributed by atoms with Crippen molar-refractivity contribution in [2.75, 3.05) is 20.1 Å². The lowest BCUT2D eigenvalue weighted by Gasteiger charge is -2.33. The van der Waals surface area contributed by atoms with Crippen LogP contribution in [0.5, 0.6) is 0 Å². The summed E-state index contributed by atoms with van der Waals surface area (Å²) in [6.45, 7) is 8.67. The second kappa shape index (κ2) is 6.53. The predicted molar refractivity (Wildman–Crippen MR) is 75.3 cm³/mol. The van der Waals surface area contributed by atoms with E-state index in [-0.39, 0.29) is 5.91 Å². The molecule has 1 fully saturated rings. The summed E-state index contributed by atoms with van der Waals surface area (Å²) >= 11 is 0. The Balaban J connectivity index is 2.51. The molecule has 3 unspecified atom stereocenters. The van der Waals surface area contributed by atoms with Gasteiger partial charge < -0.3 is 16.0 Å². The number of hydrogen-bond donors (Lipinski definition) is 2. The first kappa shape index (κ1) is 15.4. The summed E-state index contributed by atoms with van der Waals surface area (Å²) < 4.78 is 0. The Bertz CT molecular complexity index is 282. The first-order valence-corrected chi connectivity index (χ1v) is 7.15. The lowest BCUT2D eigenvalue weighted by Crippen LogP contribution is -2.54. The summed E-state index contributed by atoms with van der Waals surface area (Å²) in [5.74, 6) is 0.577. The Labute approximate surface area is 111 Å². The number of carbonyl (C=O) groups excluding carboxylic acids is 1. The van der Waals surface area contributed by atoms with Crippen LogP contribution in [0.25, 0.3) is 0 Å². The Hall–Kier alpha value is -0.610. The highest BCUT2D eigenvalue weighted by Gasteiger charge is 2.34. The third kappa shape index (κ3) is 3.69. The molecule has 0 aliphatic carbocycles. The number of carbonyl (C=O) groups is 1. The molecule has 1 aliphatic heterocycles. The van der Waals surface area contributed by atoms with Gasteiger partial charge in [-0.3, -0.25) is 4.79 Å². The molecule has 0 spiro atoms. The van der Waals surface area contributed by atoms with E-state index in [1.807, 2.05) is 6.92 Å². The van der Waals surface area contributed by atoms with Crippen molar-refractivity contribution < 1.29 is 4.79 Å². The lowest BCUT2D eigenvalue weighted by atomic mass is 9.92. The number of nitrogens with zero attached hydrogens (tertiary/aromatic N) is 1. The highest BCUT2D eigenvalue weighted by atomic mass is 16.1. The van der Waals surface area contributed by atoms with Gasteiger partial charge in [0.15, 0.2) is 0 Å². The van der Waals surface area contributed by atoms with Gasteiger partial charge in [0.25, 0.3) is 0 Å². The molecule has 4 heteroatoms. The Morgan fingerprint density at radius 3 is 2.78 bits per heavy atom. The van der Waals surface area contributed by atoms with E-state index < -0.39 is 5.54 Å². The summed E-state index contributed by atoms with van der Waals surface area (Å²) in [6, 6.07) is 0.400. The van der Waals surface area contributed by atoms with Crippen molar-refractivity contribution in [3.8, 4) is 0 Å². The van der Waals surface area contributed by atoms with Crippen LogP contribution in [-0.4, -0.2) is 42.5 Å². The van der Waals surface area contributed by atoms with E-state index >= 15 is 0 Å². The molecule has 1 saturated heterocycles. The lowest BCUT2D eigenvalue weighted by molar-refractivity contribution is -0.124. The highest BCUT2D eigenvalue weighted by molar-refractivity contribution is 5.84. The molecule has 3 atom stereocenters. The van der Waals surface area contributed by atoms with Gasteiger partial charge in [0.1, 0.15) is 0 Å². The van der Waals surface area contributed by atoms with Crippen LogP contribution in [0.1, 0.15) is 46.5 Å². The average molecular weight is 255 g/mol. The second-order valence-electron chi connectivity index (χ2n) is 5.94. The van der Waals surface area contributed by atoms with E-state index in [2.05, 4.69) is 24.1 Å². The molecule has 0 radical (unpaired) electrons. The molecule has 0 aromatic heterocycles. The van der Waals surface area contributed by atoms with Crippen molar-refractivity contribution in [2.45, 2.75) is 58.0 Å². The maximum atomic E-state index is 11.5. The molecule has 106 valence electrons. The third-order valence-electron chi connectivity index (χ3n) is 4.44. The first-order chi connectivity index (χ1) is 8.42. The fourth-order valence-corrected chi connectivity index (χ4v) is 2.95. The molecule has 1 amide bonds. The van der Waals surface area contributed by atoms with Gasteiger partial charge in [-0.15, -0.1) is 0 Å². The molecule has 18 heavy (non-hydrogen) atoms. The normalized spacial score (nSPS) is 25.9. The van der Waals surface area contributed by atoms with E-state index in [9.17, 15) is 4.79 Å². The van der Waals surface area contributed by atoms with Gasteiger partial charge in [0.2, 0.25) is 5.91 Å². The molecule has 0 aromatic carbocycles. The summed E-state index contributed by atoms with van der Waals surface area (Å²) in [6.07, 6.45) is 4.66. The standard InChI is InChI=1S/C14H29N3O/c1-5-6-12-7-8-17(10-12)11(2)9-14(3,16-4)13(15)18/h11-12,16H,5-10H2,1-4H3,(H2,15,18). The van der Waals surface area contributed by atoms with Gasteiger partial charge >= 0.3 is 0 Å². The smallest absolute Gasteiger partial charge is 0.237 e. The van der Waals surface area contributed by atoms with Gasteiger partial charge in [-0.1, -0.05) is 13.3 Å². The van der Waals surface area contributed by atoms with E-state index in [1.165, 1.54) is 25.8 Å². The van der Waals surface area contributed by atoms with Crippen molar-refractivity contribution >= 4 is 5.91 Å². The summed E-state index contributed by atoms with van der Waals surface area (Å²) in [4.78, 5) is 14.0. The number of likely N-dealkylation sites (N-methyl/N-ethyl adjacent to an activating group) is 1. The van der Waals surface area contributed by atoms with Crippen LogP contribution in [0.4, 0.5) is 0 Å². The number of rotatable bonds is 7. The monoisotopic (exact) mass is 255 g/mol. The number of nitrogens with one attached hydrogen (secondary N) is 1. The van der Waals surface area contributed by atoms with Crippen molar-refractivity contribution in [2.24, 2.45) is 11.7 Å². The fourth-order valence-electron chi connectivity index (χ4n) is 2.95. The minimum absolute atomic E-state index is 0.263. The van der Waals surface area contributed by atoms with Crippen LogP contribution in [0.3, 0.4) is 0 Å². The van der Waals surface area contributed by atoms with Crippen LogP contribution < -0.4 is 11.1 Å². The molecule has 0 saturated carbocycles. The fraction of sp³-hybridized carbons (Fsp3) is 0.929. The number of hydrogen-bond acceptors (Lipinski definition) is 3. The van der Waals surface area contributed by atoms with Crippen LogP contribution >= 0.6 is 0 Å². The zero-order chi connectivity index (χ0) is 13.8. The largest absolute Gasteiger partial charge is 0.368 e. The molecule has 1 heterocycles. The number of nitrogens with two attached hydrogens (primary N) is 1. The zero-order valence-electron chi connectivity index (χ0n) is 12.3. The molecule has 0 bridgehead atoms. The minimum atomic E-state index is -0.595. The van der Waals surface area contributed by atoms with Crippen molar-refractivity contribution in [3.05, 3.63) is 0 Å². The summed E-state index contributed by atoms with van der Waals surface area (Å²) in [7, 11) is 1.81. The SMILES string of the molecule is CCCC1CCN(C(C)CC(C)(NC)C(N)=O)C1. The molecule has 0 aromatic rings. The van der Waals surface area contributed by atoms with Gasteiger partial charge in [0.05, 0.1) is 5.54 Å². The molecule has 1 rings (SSSR count). The zero-order valence-corrected chi connectivity index (χ0v) is 12.3. The minimum Gasteiger partial charge on any atom is -0.368 e. The predicted octanol–water partition coefficient (Wildman–Crippen LogP) is 1.35. The summed E-state index contributed by atoms with van der Waals surface area (Å²) in [5, 5.41) is 3.07. The van der Waals surface area contributed by atoms with Crippen molar-refractivity contribution in [3.63, 3.8) is 0 Å². The topological polar surface area (TPSA) is 58.4 Å². The maximum absolute atomic E-state index is 11.5. The van der Waals surface area contributed by atoms with Gasteiger partial charge in [-0.25, -0.2) is 0 Å². The van der Waals surface area contributed by atoms with E-state index in [1.54, 1.807) is 7.05 Å². The Morgan fingerprint density at radius 1 is 1.61 bits per heavy atom. The van der Waals surface area contributed by atoms with Crippen molar-refractivity contribution in [1.82, 2.24) is 10.2 Å². The number of amides is 1. The van der Waals surface area contributed by atoms with Crippen LogP contribution in [0.15, 0.2) is 0 Å². The number of primary amides is 1. The first-order valence-electron chi connectivity index (χ1n) is 7.15. The Kier molecular flexibility index (Phi) is 5.60. The van der Waals surface area contributed by atoms with Crippen LogP contribution in [-0.2, 0) is 4.79 Å². The molecular weight excluding hydrogens is 226 g/mol. The van der Waals surface area contributed by atoms with Gasteiger partial charge in [-0.2, -0.15) is 0 Å². The third-order valence-corrected chi connectivity index (χ3v) is 4.44. The highest BCUT2D eigenvalue weighted by Crippen LogP contribution is 2.25. The van der Waals surface area contributed by atoms with Gasteiger partial charge in [0, 0.05) is 12.6 Å². The van der Waals surface area contributed by atoms with E-state index in [4.69, 9.17) is 5.73 Å². The number of likely N-dealkylation sites (tertiary alicyclic amines) is 1. The molecule has 3 N–H and O–H groups in total. The average Bonchev–Trinajstić information content (AvgIpc) is 2.77. The van der Waals surface area contributed by atoms with Gasteiger partial charge in [-0.05, 0) is 52.6 Å². The Morgan fingerprint density at radius 2 is 2.28 bits per heavy atom. The van der Waals surface area contributed by atoms with Crippen LogP contribution in [0, 0.1) is 5.92 Å². The maximum Gasteiger partial charge on any atom is 0.237 e.